The SMILES string of the molecule is N#Cc1cc2c(nc1SC/C([O-])=N\c1c[n+](N3CCOCC3)no1)CCCCC2. The molecule has 1 saturated heterocycles. The third-order valence-corrected chi connectivity index (χ3v) is 5.90. The van der Waals surface area contributed by atoms with Crippen molar-refractivity contribution in [3.05, 3.63) is 29.1 Å². The summed E-state index contributed by atoms with van der Waals surface area (Å²) in [6, 6.07) is 4.14. The van der Waals surface area contributed by atoms with E-state index < -0.39 is 0 Å². The number of aromatic nitrogens is 3. The summed E-state index contributed by atoms with van der Waals surface area (Å²) in [6.07, 6.45) is 6.89. The zero-order valence-corrected chi connectivity index (χ0v) is 16.9. The van der Waals surface area contributed by atoms with Crippen molar-refractivity contribution in [1.82, 2.24) is 10.3 Å². The van der Waals surface area contributed by atoms with E-state index in [1.54, 1.807) is 11.0 Å². The molecular weight excluding hydrogens is 392 g/mol. The lowest BCUT2D eigenvalue weighted by molar-refractivity contribution is -0.759. The van der Waals surface area contributed by atoms with Crippen molar-refractivity contribution >= 4 is 23.5 Å². The van der Waals surface area contributed by atoms with Gasteiger partial charge < -0.3 is 9.84 Å². The first-order chi connectivity index (χ1) is 14.2. The molecule has 0 amide bonds. The smallest absolute Gasteiger partial charge is 0.324 e. The van der Waals surface area contributed by atoms with E-state index in [1.807, 2.05) is 11.1 Å². The molecule has 1 fully saturated rings. The summed E-state index contributed by atoms with van der Waals surface area (Å²) in [6.45, 7) is 2.64. The Balaban J connectivity index is 1.43. The predicted molar refractivity (Wildman–Crippen MR) is 103 cm³/mol. The molecule has 2 aromatic rings. The molecule has 1 aliphatic carbocycles. The van der Waals surface area contributed by atoms with E-state index in [9.17, 15) is 10.4 Å². The number of pyridine rings is 1. The number of morpholine rings is 1. The second-order valence-electron chi connectivity index (χ2n) is 6.94. The van der Waals surface area contributed by atoms with Gasteiger partial charge >= 0.3 is 5.88 Å². The fourth-order valence-corrected chi connectivity index (χ4v) is 4.20. The Morgan fingerprint density at radius 1 is 1.31 bits per heavy atom. The first-order valence-electron chi connectivity index (χ1n) is 9.75. The maximum absolute atomic E-state index is 12.3. The second-order valence-corrected chi connectivity index (χ2v) is 7.90. The molecule has 4 rings (SSSR count). The van der Waals surface area contributed by atoms with Crippen LogP contribution in [0.2, 0.25) is 0 Å². The fraction of sp³-hybridized carbons (Fsp3) is 0.526. The Labute approximate surface area is 172 Å². The highest BCUT2D eigenvalue weighted by atomic mass is 32.2. The van der Waals surface area contributed by atoms with Gasteiger partial charge in [0, 0.05) is 11.4 Å². The van der Waals surface area contributed by atoms with Crippen LogP contribution in [0.4, 0.5) is 5.88 Å². The van der Waals surface area contributed by atoms with Gasteiger partial charge in [0.1, 0.15) is 11.1 Å². The van der Waals surface area contributed by atoms with Gasteiger partial charge in [0.15, 0.2) is 0 Å². The van der Waals surface area contributed by atoms with Gasteiger partial charge in [-0.1, -0.05) is 18.2 Å². The Morgan fingerprint density at radius 3 is 2.97 bits per heavy atom. The molecule has 0 radical (unpaired) electrons. The van der Waals surface area contributed by atoms with Crippen molar-refractivity contribution < 1.29 is 19.2 Å². The van der Waals surface area contributed by atoms with Crippen LogP contribution in [0.3, 0.4) is 0 Å². The predicted octanol–water partition coefficient (Wildman–Crippen LogP) is 0.648. The number of nitriles is 1. The summed E-state index contributed by atoms with van der Waals surface area (Å²) < 4.78 is 10.4. The standard InChI is InChI=1S/C19H22N6O3S/c20-11-15-10-14-4-2-1-3-5-16(14)21-19(15)29-13-17(26)22-18-12-25(23-28-18)24-6-8-27-9-7-24/h10,12H,1-9,13H2. The summed E-state index contributed by atoms with van der Waals surface area (Å²) in [5.74, 6) is -0.128. The van der Waals surface area contributed by atoms with Gasteiger partial charge in [0.05, 0.1) is 36.7 Å². The molecule has 29 heavy (non-hydrogen) atoms. The van der Waals surface area contributed by atoms with E-state index in [1.165, 1.54) is 18.2 Å². The van der Waals surface area contributed by atoms with Crippen LogP contribution in [0.1, 0.15) is 36.1 Å². The van der Waals surface area contributed by atoms with Gasteiger partial charge in [0.2, 0.25) is 5.27 Å². The average Bonchev–Trinajstić information content (AvgIpc) is 3.09. The summed E-state index contributed by atoms with van der Waals surface area (Å²) >= 11 is 1.24. The number of rotatable bonds is 5. The van der Waals surface area contributed by atoms with E-state index in [0.29, 0.717) is 36.9 Å². The van der Waals surface area contributed by atoms with Crippen molar-refractivity contribution in [2.45, 2.75) is 37.1 Å². The second kappa shape index (κ2) is 9.24. The van der Waals surface area contributed by atoms with Crippen LogP contribution in [0.15, 0.2) is 26.8 Å². The lowest BCUT2D eigenvalue weighted by Gasteiger charge is -2.18. The molecule has 1 aliphatic heterocycles. The van der Waals surface area contributed by atoms with Crippen molar-refractivity contribution in [2.24, 2.45) is 4.99 Å². The first-order valence-corrected chi connectivity index (χ1v) is 10.7. The Morgan fingerprint density at radius 2 is 2.14 bits per heavy atom. The molecule has 0 bridgehead atoms. The number of nitrogens with zero attached hydrogens (tertiary/aromatic N) is 6. The van der Waals surface area contributed by atoms with Crippen molar-refractivity contribution in [2.75, 3.05) is 37.1 Å². The van der Waals surface area contributed by atoms with Gasteiger partial charge in [0.25, 0.3) is 6.20 Å². The normalized spacial score (nSPS) is 17.5. The minimum absolute atomic E-state index is 0.0821. The Kier molecular flexibility index (Phi) is 6.27. The molecule has 0 N–H and O–H groups in total. The van der Waals surface area contributed by atoms with E-state index in [-0.39, 0.29) is 17.5 Å². The van der Waals surface area contributed by atoms with E-state index in [2.05, 4.69) is 21.3 Å². The highest BCUT2D eigenvalue weighted by molar-refractivity contribution is 7.99. The molecule has 0 atom stereocenters. The van der Waals surface area contributed by atoms with Crippen LogP contribution in [0.25, 0.3) is 0 Å². The Hall–Kier alpha value is -2.64. The summed E-state index contributed by atoms with van der Waals surface area (Å²) in [7, 11) is 0. The minimum Gasteiger partial charge on any atom is -0.861 e. The molecule has 10 heteroatoms. The zero-order valence-electron chi connectivity index (χ0n) is 16.0. The van der Waals surface area contributed by atoms with Gasteiger partial charge in [-0.25, -0.2) is 9.98 Å². The van der Waals surface area contributed by atoms with E-state index in [0.717, 1.165) is 36.9 Å². The average molecular weight is 414 g/mol. The quantitative estimate of drug-likeness (QED) is 0.230. The molecule has 0 saturated carbocycles. The molecular formula is C19H22N6O3S. The number of ether oxygens (including phenoxy) is 1. The summed E-state index contributed by atoms with van der Waals surface area (Å²) in [4.78, 5) is 10.2. The van der Waals surface area contributed by atoms with Crippen LogP contribution in [0.5, 0.6) is 0 Å². The topological polar surface area (TPSA) is 114 Å². The zero-order chi connectivity index (χ0) is 20.1. The number of thioether (sulfide) groups is 1. The van der Waals surface area contributed by atoms with E-state index in [4.69, 9.17) is 9.26 Å². The van der Waals surface area contributed by atoms with Crippen LogP contribution in [-0.4, -0.2) is 48.2 Å². The number of hydrogen-bond donors (Lipinski definition) is 0. The van der Waals surface area contributed by atoms with Crippen LogP contribution in [-0.2, 0) is 17.6 Å². The van der Waals surface area contributed by atoms with Crippen molar-refractivity contribution in [1.29, 1.82) is 5.26 Å². The first kappa shape index (κ1) is 19.7. The number of fused-ring (bicyclic) bond motifs is 1. The molecule has 9 nitrogen and oxygen atoms in total. The van der Waals surface area contributed by atoms with Crippen LogP contribution >= 0.6 is 11.8 Å². The molecule has 2 aliphatic rings. The monoisotopic (exact) mass is 414 g/mol. The summed E-state index contributed by atoms with van der Waals surface area (Å²) in [5, 5.41) is 28.2. The van der Waals surface area contributed by atoms with Gasteiger partial charge in [-0.05, 0) is 43.2 Å². The molecule has 0 aromatic carbocycles. The lowest BCUT2D eigenvalue weighted by atomic mass is 10.1. The van der Waals surface area contributed by atoms with Crippen LogP contribution in [0, 0.1) is 11.3 Å². The lowest BCUT2D eigenvalue weighted by Crippen LogP contribution is -2.62. The molecule has 0 unspecified atom stereocenters. The maximum Gasteiger partial charge on any atom is 0.324 e. The van der Waals surface area contributed by atoms with Crippen molar-refractivity contribution in [3.63, 3.8) is 0 Å². The van der Waals surface area contributed by atoms with Gasteiger partial charge in [-0.15, -0.1) is 5.01 Å². The van der Waals surface area contributed by atoms with E-state index >= 15 is 0 Å². The third-order valence-electron chi connectivity index (χ3n) is 4.92. The molecule has 0 spiro atoms. The fourth-order valence-electron chi connectivity index (χ4n) is 3.44. The number of aryl methyl sites for hydroxylation is 2. The van der Waals surface area contributed by atoms with Gasteiger partial charge in [-0.3, -0.25) is 4.52 Å². The highest BCUT2D eigenvalue weighted by Gasteiger charge is 2.22. The summed E-state index contributed by atoms with van der Waals surface area (Å²) in [5.41, 5.74) is 2.73. The maximum atomic E-state index is 12.3. The third kappa shape index (κ3) is 4.86. The number of hydrogen-bond acceptors (Lipinski definition) is 9. The van der Waals surface area contributed by atoms with Crippen molar-refractivity contribution in [3.8, 4) is 6.07 Å². The minimum atomic E-state index is -0.360. The van der Waals surface area contributed by atoms with Gasteiger partial charge in [-0.2, -0.15) is 5.26 Å². The Bertz CT molecular complexity index is 933. The highest BCUT2D eigenvalue weighted by Crippen LogP contribution is 2.27. The molecule has 3 heterocycles. The largest absolute Gasteiger partial charge is 0.861 e. The number of aliphatic imine (C=N–C) groups is 1. The molecule has 152 valence electrons. The molecule has 2 aromatic heterocycles. The van der Waals surface area contributed by atoms with Crippen LogP contribution < -0.4 is 14.9 Å².